The van der Waals surface area contributed by atoms with E-state index in [2.05, 4.69) is 25.6 Å². The molecule has 2 unspecified atom stereocenters. The Kier molecular flexibility index (Phi) is 7.25. The largest absolute Gasteiger partial charge is 0.367 e. The van der Waals surface area contributed by atoms with Crippen LogP contribution < -0.4 is 15.5 Å². The van der Waals surface area contributed by atoms with Crippen LogP contribution in [0.1, 0.15) is 24.4 Å². The van der Waals surface area contributed by atoms with E-state index < -0.39 is 17.7 Å². The summed E-state index contributed by atoms with van der Waals surface area (Å²) in [6.07, 6.45) is 5.97. The van der Waals surface area contributed by atoms with Crippen LogP contribution >= 0.6 is 0 Å². The van der Waals surface area contributed by atoms with Crippen LogP contribution in [-0.4, -0.2) is 67.5 Å². The topological polar surface area (TPSA) is 60.7 Å². The number of aryl methyl sites for hydroxylation is 1. The fourth-order valence-electron chi connectivity index (χ4n) is 3.85. The Balaban J connectivity index is 1.62. The van der Waals surface area contributed by atoms with Crippen LogP contribution in [0.15, 0.2) is 35.6 Å². The molecule has 0 radical (unpaired) electrons. The number of nitrogens with one attached hydrogen (secondary N) is 2. The van der Waals surface area contributed by atoms with Crippen molar-refractivity contribution in [3.8, 4) is 0 Å². The molecule has 0 aliphatic carbocycles. The maximum Gasteiger partial charge on any atom is 0.191 e. The molecule has 0 bridgehead atoms. The van der Waals surface area contributed by atoms with E-state index in [0.717, 1.165) is 31.6 Å². The van der Waals surface area contributed by atoms with Crippen LogP contribution in [0.4, 0.5) is 14.5 Å². The highest BCUT2D eigenvalue weighted by atomic mass is 19.1. The number of halogens is 2. The van der Waals surface area contributed by atoms with Gasteiger partial charge in [-0.2, -0.15) is 5.10 Å². The van der Waals surface area contributed by atoms with Crippen LogP contribution in [0.3, 0.4) is 0 Å². The summed E-state index contributed by atoms with van der Waals surface area (Å²) >= 11 is 0. The van der Waals surface area contributed by atoms with Gasteiger partial charge in [0.05, 0.1) is 17.9 Å². The van der Waals surface area contributed by atoms with Gasteiger partial charge in [-0.05, 0) is 39.1 Å². The summed E-state index contributed by atoms with van der Waals surface area (Å²) in [5, 5.41) is 10.9. The van der Waals surface area contributed by atoms with Gasteiger partial charge in [0.2, 0.25) is 0 Å². The van der Waals surface area contributed by atoms with Gasteiger partial charge in [0, 0.05) is 51.5 Å². The van der Waals surface area contributed by atoms with E-state index in [4.69, 9.17) is 0 Å². The van der Waals surface area contributed by atoms with Crippen LogP contribution in [-0.2, 0) is 7.05 Å². The number of anilines is 1. The molecule has 2 atom stereocenters. The van der Waals surface area contributed by atoms with Gasteiger partial charge in [0.25, 0.3) is 0 Å². The second kappa shape index (κ2) is 9.88. The van der Waals surface area contributed by atoms with E-state index in [0.29, 0.717) is 12.5 Å². The molecule has 3 rings (SSSR count). The first-order chi connectivity index (χ1) is 14.4. The zero-order chi connectivity index (χ0) is 21.7. The van der Waals surface area contributed by atoms with Gasteiger partial charge in [0.1, 0.15) is 11.6 Å². The Bertz CT molecular complexity index is 845. The van der Waals surface area contributed by atoms with Crippen molar-refractivity contribution >= 4 is 11.6 Å². The van der Waals surface area contributed by atoms with Crippen molar-refractivity contribution in [1.82, 2.24) is 25.3 Å². The quantitative estimate of drug-likeness (QED) is 0.555. The third-order valence-corrected chi connectivity index (χ3v) is 5.46. The van der Waals surface area contributed by atoms with E-state index in [1.165, 1.54) is 18.2 Å². The fourth-order valence-corrected chi connectivity index (χ4v) is 3.85. The molecule has 0 spiro atoms. The smallest absolute Gasteiger partial charge is 0.191 e. The summed E-state index contributed by atoms with van der Waals surface area (Å²) < 4.78 is 30.4. The number of nitrogens with zero attached hydrogens (tertiary/aromatic N) is 5. The molecule has 9 heteroatoms. The normalized spacial score (nSPS) is 18.6. The van der Waals surface area contributed by atoms with Crippen molar-refractivity contribution in [3.05, 3.63) is 47.8 Å². The lowest BCUT2D eigenvalue weighted by molar-refractivity contribution is 0.282. The standard InChI is InChI=1S/C21H31F2N7/c1-24-21(25-12-19(28(2)3)20-17(22)8-5-9-18(20)23)27-15-7-6-10-30(13-15)16-11-26-29(4)14-16/h5,8-9,11,14-15,19H,6-7,10,12-13H2,1-4H3,(H2,24,25,27). The number of hydrogen-bond donors (Lipinski definition) is 2. The Labute approximate surface area is 176 Å². The molecule has 164 valence electrons. The predicted molar refractivity (Wildman–Crippen MR) is 116 cm³/mol. The van der Waals surface area contributed by atoms with E-state index in [1.54, 1.807) is 30.7 Å². The number of guanidine groups is 1. The number of benzene rings is 1. The lowest BCUT2D eigenvalue weighted by atomic mass is 10.0. The minimum atomic E-state index is -0.544. The number of piperidine rings is 1. The molecule has 2 aromatic rings. The van der Waals surface area contributed by atoms with Crippen LogP contribution in [0.5, 0.6) is 0 Å². The number of aliphatic imine (C=N–C) groups is 1. The Morgan fingerprint density at radius 1 is 1.33 bits per heavy atom. The zero-order valence-electron chi connectivity index (χ0n) is 18.1. The molecular weight excluding hydrogens is 388 g/mol. The number of hydrogen-bond acceptors (Lipinski definition) is 4. The maximum atomic E-state index is 14.3. The fraction of sp³-hybridized carbons (Fsp3) is 0.524. The molecule has 1 fully saturated rings. The molecule has 1 aliphatic heterocycles. The summed E-state index contributed by atoms with van der Waals surface area (Å²) in [6, 6.07) is 3.70. The van der Waals surface area contributed by atoms with Gasteiger partial charge in [-0.3, -0.25) is 9.67 Å². The minimum Gasteiger partial charge on any atom is -0.367 e. The van der Waals surface area contributed by atoms with Crippen molar-refractivity contribution in [2.24, 2.45) is 12.0 Å². The monoisotopic (exact) mass is 419 g/mol. The van der Waals surface area contributed by atoms with Crippen LogP contribution in [0, 0.1) is 11.6 Å². The lowest BCUT2D eigenvalue weighted by Gasteiger charge is -2.35. The molecule has 0 amide bonds. The van der Waals surface area contributed by atoms with E-state index in [9.17, 15) is 8.78 Å². The predicted octanol–water partition coefficient (Wildman–Crippen LogP) is 2.13. The Hall–Kier alpha value is -2.68. The molecule has 1 saturated heterocycles. The second-order valence-corrected chi connectivity index (χ2v) is 7.87. The van der Waals surface area contributed by atoms with Gasteiger partial charge in [0.15, 0.2) is 5.96 Å². The molecule has 30 heavy (non-hydrogen) atoms. The highest BCUT2D eigenvalue weighted by Crippen LogP contribution is 2.24. The maximum absolute atomic E-state index is 14.3. The van der Waals surface area contributed by atoms with Crippen molar-refractivity contribution in [3.63, 3.8) is 0 Å². The first-order valence-corrected chi connectivity index (χ1v) is 10.2. The van der Waals surface area contributed by atoms with Gasteiger partial charge < -0.3 is 20.4 Å². The highest BCUT2D eigenvalue weighted by molar-refractivity contribution is 5.80. The number of aromatic nitrogens is 2. The molecule has 0 saturated carbocycles. The van der Waals surface area contributed by atoms with Crippen molar-refractivity contribution in [2.75, 3.05) is 45.7 Å². The van der Waals surface area contributed by atoms with E-state index in [1.807, 2.05) is 19.4 Å². The summed E-state index contributed by atoms with van der Waals surface area (Å²) in [7, 11) is 7.22. The summed E-state index contributed by atoms with van der Waals surface area (Å²) in [4.78, 5) is 8.41. The van der Waals surface area contributed by atoms with Crippen molar-refractivity contribution in [2.45, 2.75) is 24.9 Å². The number of rotatable bonds is 6. The Morgan fingerprint density at radius 3 is 2.67 bits per heavy atom. The van der Waals surface area contributed by atoms with Gasteiger partial charge in [-0.15, -0.1) is 0 Å². The van der Waals surface area contributed by atoms with Crippen molar-refractivity contribution < 1.29 is 8.78 Å². The van der Waals surface area contributed by atoms with Crippen LogP contribution in [0.2, 0.25) is 0 Å². The summed E-state index contributed by atoms with van der Waals surface area (Å²) in [6.45, 7) is 2.15. The highest BCUT2D eigenvalue weighted by Gasteiger charge is 2.24. The summed E-state index contributed by atoms with van der Waals surface area (Å²) in [5.74, 6) is -0.465. The molecule has 7 nitrogen and oxygen atoms in total. The zero-order valence-corrected chi connectivity index (χ0v) is 18.1. The third kappa shape index (κ3) is 5.27. The van der Waals surface area contributed by atoms with Crippen molar-refractivity contribution in [1.29, 1.82) is 0 Å². The first kappa shape index (κ1) is 22.0. The van der Waals surface area contributed by atoms with Crippen LogP contribution in [0.25, 0.3) is 0 Å². The molecule has 1 aromatic heterocycles. The Morgan fingerprint density at radius 2 is 2.07 bits per heavy atom. The van der Waals surface area contributed by atoms with E-state index in [-0.39, 0.29) is 11.6 Å². The first-order valence-electron chi connectivity index (χ1n) is 10.2. The average molecular weight is 420 g/mol. The van der Waals surface area contributed by atoms with E-state index >= 15 is 0 Å². The van der Waals surface area contributed by atoms with Gasteiger partial charge >= 0.3 is 0 Å². The SMILES string of the molecule is CN=C(NCC(c1c(F)cccc1F)N(C)C)NC1CCCN(c2cnn(C)c2)C1. The summed E-state index contributed by atoms with van der Waals surface area (Å²) in [5.41, 5.74) is 1.17. The second-order valence-electron chi connectivity index (χ2n) is 7.87. The molecule has 2 N–H and O–H groups in total. The van der Waals surface area contributed by atoms with Gasteiger partial charge in [-0.1, -0.05) is 6.07 Å². The third-order valence-electron chi connectivity index (χ3n) is 5.46. The number of likely N-dealkylation sites (N-methyl/N-ethyl adjacent to an activating group) is 1. The van der Waals surface area contributed by atoms with Gasteiger partial charge in [-0.25, -0.2) is 8.78 Å². The lowest BCUT2D eigenvalue weighted by Crippen LogP contribution is -2.52. The average Bonchev–Trinajstić information content (AvgIpc) is 3.15. The molecular formula is C21H31F2N7. The molecule has 2 heterocycles. The minimum absolute atomic E-state index is 0.0610. The molecule has 1 aliphatic rings. The molecule has 1 aromatic carbocycles.